The number of benzene rings is 2. The molecule has 1 aromatic heterocycles. The van der Waals surface area contributed by atoms with E-state index in [1.807, 2.05) is 18.2 Å². The topological polar surface area (TPSA) is 72.5 Å². The molecule has 2 aromatic carbocycles. The van der Waals surface area contributed by atoms with Gasteiger partial charge >= 0.3 is 5.97 Å². The normalized spacial score (nSPS) is 10.8. The van der Waals surface area contributed by atoms with Crippen LogP contribution in [-0.4, -0.2) is 13.1 Å². The minimum atomic E-state index is -0.620. The van der Waals surface area contributed by atoms with E-state index in [1.54, 1.807) is 36.4 Å². The first-order valence-electron chi connectivity index (χ1n) is 7.26. The number of ether oxygens (including phenoxy) is 2. The molecule has 124 valence electrons. The van der Waals surface area contributed by atoms with Gasteiger partial charge in [-0.25, -0.2) is 4.79 Å². The second-order valence-electron chi connectivity index (χ2n) is 5.06. The van der Waals surface area contributed by atoms with Crippen molar-refractivity contribution in [3.05, 3.63) is 64.3 Å². The standard InChI is InChI=1S/C19H12BrNO4/c1-23-17-9-12(3-2-8-21)4-6-16(17)25-19(22)18-11-13-10-14(20)5-7-15(13)24-18/h2-7,9-11H,1H3/b3-2-. The van der Waals surface area contributed by atoms with E-state index in [2.05, 4.69) is 15.9 Å². The van der Waals surface area contributed by atoms with E-state index in [9.17, 15) is 4.79 Å². The van der Waals surface area contributed by atoms with Gasteiger partial charge in [-0.05, 0) is 48.0 Å². The van der Waals surface area contributed by atoms with Gasteiger partial charge in [0.2, 0.25) is 5.76 Å². The predicted molar refractivity (Wildman–Crippen MR) is 96.5 cm³/mol. The Labute approximate surface area is 152 Å². The van der Waals surface area contributed by atoms with Crippen LogP contribution in [0.15, 0.2) is 57.4 Å². The van der Waals surface area contributed by atoms with Crippen LogP contribution >= 0.6 is 15.9 Å². The summed E-state index contributed by atoms with van der Waals surface area (Å²) in [5.41, 5.74) is 1.35. The van der Waals surface area contributed by atoms with Crippen LogP contribution in [0.3, 0.4) is 0 Å². The highest BCUT2D eigenvalue weighted by Gasteiger charge is 2.17. The van der Waals surface area contributed by atoms with Crippen molar-refractivity contribution >= 4 is 38.9 Å². The molecular formula is C19H12BrNO4. The molecule has 25 heavy (non-hydrogen) atoms. The molecule has 0 atom stereocenters. The number of halogens is 1. The molecule has 0 aliphatic heterocycles. The number of furan rings is 1. The van der Waals surface area contributed by atoms with Crippen molar-refractivity contribution in [1.29, 1.82) is 5.26 Å². The van der Waals surface area contributed by atoms with Crippen molar-refractivity contribution in [3.8, 4) is 17.6 Å². The Hall–Kier alpha value is -3.04. The third-order valence-electron chi connectivity index (χ3n) is 3.42. The summed E-state index contributed by atoms with van der Waals surface area (Å²) in [5.74, 6) is 0.130. The maximum atomic E-state index is 12.4. The quantitative estimate of drug-likeness (QED) is 0.353. The highest BCUT2D eigenvalue weighted by molar-refractivity contribution is 9.10. The van der Waals surface area contributed by atoms with E-state index < -0.39 is 5.97 Å². The molecule has 0 aliphatic rings. The molecule has 0 radical (unpaired) electrons. The molecule has 0 fully saturated rings. The van der Waals surface area contributed by atoms with E-state index in [0.29, 0.717) is 11.3 Å². The largest absolute Gasteiger partial charge is 0.493 e. The van der Waals surface area contributed by atoms with E-state index >= 15 is 0 Å². The van der Waals surface area contributed by atoms with Crippen LogP contribution in [0, 0.1) is 11.3 Å². The molecule has 3 rings (SSSR count). The monoisotopic (exact) mass is 397 g/mol. The zero-order valence-electron chi connectivity index (χ0n) is 13.2. The van der Waals surface area contributed by atoms with Gasteiger partial charge in [-0.1, -0.05) is 22.0 Å². The van der Waals surface area contributed by atoms with Gasteiger partial charge in [-0.2, -0.15) is 5.26 Å². The predicted octanol–water partition coefficient (Wildman–Crippen LogP) is 4.96. The summed E-state index contributed by atoms with van der Waals surface area (Å²) in [4.78, 5) is 12.4. The Bertz CT molecular complexity index is 1010. The maximum Gasteiger partial charge on any atom is 0.379 e. The Balaban J connectivity index is 1.86. The molecule has 5 nitrogen and oxygen atoms in total. The Morgan fingerprint density at radius 1 is 1.20 bits per heavy atom. The first kappa shape index (κ1) is 16.8. The fourth-order valence-electron chi connectivity index (χ4n) is 2.27. The summed E-state index contributed by atoms with van der Waals surface area (Å²) in [6.45, 7) is 0. The molecule has 0 amide bonds. The zero-order valence-corrected chi connectivity index (χ0v) is 14.7. The first-order valence-corrected chi connectivity index (χ1v) is 8.05. The van der Waals surface area contributed by atoms with Gasteiger partial charge in [0, 0.05) is 15.9 Å². The second-order valence-corrected chi connectivity index (χ2v) is 5.97. The average molecular weight is 398 g/mol. The molecule has 0 N–H and O–H groups in total. The van der Waals surface area contributed by atoms with Crippen LogP contribution in [0.5, 0.6) is 11.5 Å². The lowest BCUT2D eigenvalue weighted by Crippen LogP contribution is -2.08. The van der Waals surface area contributed by atoms with Crippen LogP contribution in [0.2, 0.25) is 0 Å². The first-order chi connectivity index (χ1) is 12.1. The highest BCUT2D eigenvalue weighted by atomic mass is 79.9. The fourth-order valence-corrected chi connectivity index (χ4v) is 2.65. The van der Waals surface area contributed by atoms with Gasteiger partial charge in [-0.15, -0.1) is 0 Å². The van der Waals surface area contributed by atoms with Crippen LogP contribution < -0.4 is 9.47 Å². The minimum absolute atomic E-state index is 0.101. The summed E-state index contributed by atoms with van der Waals surface area (Å²) >= 11 is 3.38. The summed E-state index contributed by atoms with van der Waals surface area (Å²) in [5, 5.41) is 9.38. The second kappa shape index (κ2) is 7.24. The summed E-state index contributed by atoms with van der Waals surface area (Å²) in [7, 11) is 1.48. The molecule has 0 saturated heterocycles. The van der Waals surface area contributed by atoms with E-state index in [0.717, 1.165) is 15.4 Å². The molecule has 0 spiro atoms. The Kier molecular flexibility index (Phi) is 4.87. The number of methoxy groups -OCH3 is 1. The van der Waals surface area contributed by atoms with Crippen molar-refractivity contribution < 1.29 is 18.7 Å². The van der Waals surface area contributed by atoms with E-state index in [4.69, 9.17) is 19.2 Å². The number of nitrogens with zero attached hydrogens (tertiary/aromatic N) is 1. The van der Waals surface area contributed by atoms with Crippen molar-refractivity contribution in [3.63, 3.8) is 0 Å². The molecule has 0 bridgehead atoms. The van der Waals surface area contributed by atoms with E-state index in [1.165, 1.54) is 13.2 Å². The third-order valence-corrected chi connectivity index (χ3v) is 3.91. The van der Waals surface area contributed by atoms with Crippen LogP contribution in [0.1, 0.15) is 16.1 Å². The minimum Gasteiger partial charge on any atom is -0.493 e. The molecule has 0 unspecified atom stereocenters. The fraction of sp³-hybridized carbons (Fsp3) is 0.0526. The van der Waals surface area contributed by atoms with Crippen molar-refractivity contribution in [2.75, 3.05) is 7.11 Å². The molecule has 0 aliphatic carbocycles. The maximum absolute atomic E-state index is 12.4. The number of carbonyl (C=O) groups is 1. The Morgan fingerprint density at radius 2 is 2.04 bits per heavy atom. The number of hydrogen-bond donors (Lipinski definition) is 0. The molecule has 6 heteroatoms. The molecule has 1 heterocycles. The van der Waals surface area contributed by atoms with Crippen LogP contribution in [0.25, 0.3) is 17.0 Å². The van der Waals surface area contributed by atoms with Crippen LogP contribution in [0.4, 0.5) is 0 Å². The molecule has 3 aromatic rings. The lowest BCUT2D eigenvalue weighted by Gasteiger charge is -2.08. The molecular weight excluding hydrogens is 386 g/mol. The zero-order chi connectivity index (χ0) is 17.8. The number of fused-ring (bicyclic) bond motifs is 1. The van der Waals surface area contributed by atoms with Crippen molar-refractivity contribution in [1.82, 2.24) is 0 Å². The Morgan fingerprint density at radius 3 is 2.80 bits per heavy atom. The van der Waals surface area contributed by atoms with Gasteiger partial charge in [0.05, 0.1) is 13.2 Å². The van der Waals surface area contributed by atoms with Gasteiger partial charge in [0.15, 0.2) is 11.5 Å². The number of carbonyl (C=O) groups excluding carboxylic acids is 1. The van der Waals surface area contributed by atoms with Gasteiger partial charge in [0.1, 0.15) is 5.58 Å². The lowest BCUT2D eigenvalue weighted by atomic mass is 10.2. The van der Waals surface area contributed by atoms with Gasteiger partial charge < -0.3 is 13.9 Å². The lowest BCUT2D eigenvalue weighted by molar-refractivity contribution is 0.0699. The average Bonchev–Trinajstić information content (AvgIpc) is 3.04. The smallest absolute Gasteiger partial charge is 0.379 e. The highest BCUT2D eigenvalue weighted by Crippen LogP contribution is 2.30. The number of allylic oxidation sites excluding steroid dienone is 1. The van der Waals surface area contributed by atoms with Crippen LogP contribution in [-0.2, 0) is 0 Å². The van der Waals surface area contributed by atoms with Gasteiger partial charge in [-0.3, -0.25) is 0 Å². The number of hydrogen-bond acceptors (Lipinski definition) is 5. The SMILES string of the molecule is COc1cc(/C=C\C#N)ccc1OC(=O)c1cc2cc(Br)ccc2o1. The summed E-state index contributed by atoms with van der Waals surface area (Å²) < 4.78 is 17.0. The van der Waals surface area contributed by atoms with Crippen molar-refractivity contribution in [2.24, 2.45) is 0 Å². The number of nitriles is 1. The third kappa shape index (κ3) is 3.73. The van der Waals surface area contributed by atoms with Crippen molar-refractivity contribution in [2.45, 2.75) is 0 Å². The summed E-state index contributed by atoms with van der Waals surface area (Å²) in [6, 6.07) is 14.0. The van der Waals surface area contributed by atoms with E-state index in [-0.39, 0.29) is 11.5 Å². The summed E-state index contributed by atoms with van der Waals surface area (Å²) in [6.07, 6.45) is 2.98. The molecule has 0 saturated carbocycles. The van der Waals surface area contributed by atoms with Gasteiger partial charge in [0.25, 0.3) is 0 Å². The number of rotatable bonds is 4. The number of esters is 1.